The van der Waals surface area contributed by atoms with Gasteiger partial charge in [0, 0.05) is 19.6 Å². The number of aryl methyl sites for hydroxylation is 2. The zero-order valence-electron chi connectivity index (χ0n) is 16.2. The molecule has 0 fully saturated rings. The van der Waals surface area contributed by atoms with Crippen LogP contribution in [0.25, 0.3) is 11.0 Å². The fourth-order valence-electron chi connectivity index (χ4n) is 2.62. The summed E-state index contributed by atoms with van der Waals surface area (Å²) in [6.45, 7) is 10.4. The molecule has 0 aliphatic carbocycles. The molecule has 7 nitrogen and oxygen atoms in total. The molecule has 0 saturated heterocycles. The van der Waals surface area contributed by atoms with Gasteiger partial charge >= 0.3 is 0 Å². The summed E-state index contributed by atoms with van der Waals surface area (Å²) in [6, 6.07) is 8.18. The Morgan fingerprint density at radius 1 is 1.31 bits per heavy atom. The van der Waals surface area contributed by atoms with Crippen molar-refractivity contribution in [2.75, 3.05) is 19.6 Å². The number of aliphatic imine (C=N–C) groups is 1. The fourth-order valence-corrected chi connectivity index (χ4v) is 2.62. The SMILES string of the molecule is CCNC(=NCC(C)(C)C(N)=O)NCCCn1c(C)nc2ccccc21. The van der Waals surface area contributed by atoms with E-state index in [0.29, 0.717) is 12.5 Å². The van der Waals surface area contributed by atoms with E-state index in [4.69, 9.17) is 5.73 Å². The lowest BCUT2D eigenvalue weighted by Crippen LogP contribution is -2.40. The largest absolute Gasteiger partial charge is 0.369 e. The summed E-state index contributed by atoms with van der Waals surface area (Å²) in [7, 11) is 0. The van der Waals surface area contributed by atoms with Crippen LogP contribution in [-0.2, 0) is 11.3 Å². The first kappa shape index (κ1) is 19.8. The van der Waals surface area contributed by atoms with Crippen LogP contribution in [0.15, 0.2) is 29.3 Å². The summed E-state index contributed by atoms with van der Waals surface area (Å²) in [4.78, 5) is 20.5. The van der Waals surface area contributed by atoms with Gasteiger partial charge in [-0.25, -0.2) is 4.98 Å². The molecule has 0 aliphatic rings. The first-order chi connectivity index (χ1) is 12.3. The van der Waals surface area contributed by atoms with Crippen molar-refractivity contribution in [1.82, 2.24) is 20.2 Å². The molecule has 1 aromatic carbocycles. The zero-order chi connectivity index (χ0) is 19.2. The number of imidazole rings is 1. The Labute approximate surface area is 155 Å². The number of nitrogens with two attached hydrogens (primary N) is 1. The number of nitrogens with one attached hydrogen (secondary N) is 2. The van der Waals surface area contributed by atoms with Crippen LogP contribution in [0.3, 0.4) is 0 Å². The molecular formula is C19H30N6O. The van der Waals surface area contributed by atoms with E-state index in [-0.39, 0.29) is 5.91 Å². The maximum atomic E-state index is 11.4. The first-order valence-electron chi connectivity index (χ1n) is 9.09. The number of aromatic nitrogens is 2. The van der Waals surface area contributed by atoms with Crippen molar-refractivity contribution < 1.29 is 4.79 Å². The standard InChI is InChI=1S/C19H30N6O/c1-5-21-18(23-13-19(3,4)17(20)26)22-11-8-12-25-14(2)24-15-9-6-7-10-16(15)25/h6-7,9-10H,5,8,11-13H2,1-4H3,(H2,20,26)(H2,21,22,23). The fraction of sp³-hybridized carbons (Fsp3) is 0.526. The van der Waals surface area contributed by atoms with Crippen molar-refractivity contribution in [2.24, 2.45) is 16.1 Å². The number of hydrogen-bond acceptors (Lipinski definition) is 3. The molecule has 0 saturated carbocycles. The van der Waals surface area contributed by atoms with E-state index < -0.39 is 5.41 Å². The summed E-state index contributed by atoms with van der Waals surface area (Å²) >= 11 is 0. The molecule has 4 N–H and O–H groups in total. The molecule has 0 aliphatic heterocycles. The normalized spacial score (nSPS) is 12.4. The number of amides is 1. The molecule has 0 atom stereocenters. The van der Waals surface area contributed by atoms with Crippen molar-refractivity contribution in [3.05, 3.63) is 30.1 Å². The van der Waals surface area contributed by atoms with Crippen LogP contribution < -0.4 is 16.4 Å². The molecule has 1 aromatic heterocycles. The van der Waals surface area contributed by atoms with Crippen molar-refractivity contribution >= 4 is 22.9 Å². The highest BCUT2D eigenvalue weighted by Crippen LogP contribution is 2.16. The molecule has 1 heterocycles. The molecule has 0 spiro atoms. The number of hydrogen-bond donors (Lipinski definition) is 3. The molecular weight excluding hydrogens is 328 g/mol. The van der Waals surface area contributed by atoms with Gasteiger partial charge in [-0.15, -0.1) is 0 Å². The Morgan fingerprint density at radius 2 is 2.04 bits per heavy atom. The monoisotopic (exact) mass is 358 g/mol. The maximum Gasteiger partial charge on any atom is 0.224 e. The highest BCUT2D eigenvalue weighted by atomic mass is 16.1. The Bertz CT molecular complexity index is 777. The van der Waals surface area contributed by atoms with Gasteiger partial charge in [0.2, 0.25) is 5.91 Å². The summed E-state index contributed by atoms with van der Waals surface area (Å²) in [6.07, 6.45) is 0.935. The maximum absolute atomic E-state index is 11.4. The van der Waals surface area contributed by atoms with E-state index >= 15 is 0 Å². The van der Waals surface area contributed by atoms with E-state index in [2.05, 4.69) is 31.2 Å². The molecule has 0 bridgehead atoms. The Balaban J connectivity index is 1.91. The first-order valence-corrected chi connectivity index (χ1v) is 9.09. The van der Waals surface area contributed by atoms with Crippen LogP contribution in [0.2, 0.25) is 0 Å². The van der Waals surface area contributed by atoms with Gasteiger partial charge in [0.05, 0.1) is 23.0 Å². The van der Waals surface area contributed by atoms with Crippen molar-refractivity contribution in [1.29, 1.82) is 0 Å². The minimum absolute atomic E-state index is 0.348. The second kappa shape index (κ2) is 8.69. The summed E-state index contributed by atoms with van der Waals surface area (Å²) in [5.41, 5.74) is 6.94. The molecule has 2 aromatic rings. The van der Waals surface area contributed by atoms with Gasteiger partial charge < -0.3 is 20.9 Å². The lowest BCUT2D eigenvalue weighted by Gasteiger charge is -2.19. The van der Waals surface area contributed by atoms with Crippen LogP contribution in [0.4, 0.5) is 0 Å². The number of nitrogens with zero attached hydrogens (tertiary/aromatic N) is 3. The number of fused-ring (bicyclic) bond motifs is 1. The number of primary amides is 1. The number of benzene rings is 1. The topological polar surface area (TPSA) is 97.3 Å². The predicted molar refractivity (Wildman–Crippen MR) is 106 cm³/mol. The summed E-state index contributed by atoms with van der Waals surface area (Å²) < 4.78 is 2.23. The van der Waals surface area contributed by atoms with Gasteiger partial charge in [-0.3, -0.25) is 9.79 Å². The van der Waals surface area contributed by atoms with Crippen LogP contribution in [0.1, 0.15) is 33.0 Å². The Morgan fingerprint density at radius 3 is 2.73 bits per heavy atom. The molecule has 142 valence electrons. The molecule has 26 heavy (non-hydrogen) atoms. The number of para-hydroxylation sites is 2. The zero-order valence-corrected chi connectivity index (χ0v) is 16.2. The van der Waals surface area contributed by atoms with Gasteiger partial charge in [0.15, 0.2) is 5.96 Å². The number of rotatable bonds is 8. The van der Waals surface area contributed by atoms with Gasteiger partial charge in [-0.2, -0.15) is 0 Å². The predicted octanol–water partition coefficient (Wildman–Crippen LogP) is 1.80. The van der Waals surface area contributed by atoms with E-state index in [1.165, 1.54) is 0 Å². The molecule has 2 rings (SSSR count). The molecule has 0 radical (unpaired) electrons. The quantitative estimate of drug-likeness (QED) is 0.381. The van der Waals surface area contributed by atoms with Crippen molar-refractivity contribution in [2.45, 2.75) is 40.7 Å². The van der Waals surface area contributed by atoms with Gasteiger partial charge in [-0.05, 0) is 46.2 Å². The van der Waals surface area contributed by atoms with E-state index in [0.717, 1.165) is 42.9 Å². The highest BCUT2D eigenvalue weighted by Gasteiger charge is 2.24. The van der Waals surface area contributed by atoms with Crippen molar-refractivity contribution in [3.63, 3.8) is 0 Å². The second-order valence-corrected chi connectivity index (χ2v) is 7.02. The van der Waals surface area contributed by atoms with E-state index in [9.17, 15) is 4.79 Å². The average Bonchev–Trinajstić information content (AvgIpc) is 2.91. The van der Waals surface area contributed by atoms with Crippen LogP contribution in [-0.4, -0.2) is 41.1 Å². The van der Waals surface area contributed by atoms with Crippen LogP contribution in [0.5, 0.6) is 0 Å². The summed E-state index contributed by atoms with van der Waals surface area (Å²) in [5.74, 6) is 1.38. The Kier molecular flexibility index (Phi) is 6.60. The third-order valence-corrected chi connectivity index (χ3v) is 4.34. The molecule has 7 heteroatoms. The smallest absolute Gasteiger partial charge is 0.224 e. The molecule has 1 amide bonds. The molecule has 0 unspecified atom stereocenters. The lowest BCUT2D eigenvalue weighted by molar-refractivity contribution is -0.125. The van der Waals surface area contributed by atoms with E-state index in [1.54, 1.807) is 13.8 Å². The van der Waals surface area contributed by atoms with Gasteiger partial charge in [0.25, 0.3) is 0 Å². The number of carbonyl (C=O) groups is 1. The second-order valence-electron chi connectivity index (χ2n) is 7.02. The summed E-state index contributed by atoms with van der Waals surface area (Å²) in [5, 5.41) is 6.51. The van der Waals surface area contributed by atoms with E-state index in [1.807, 2.05) is 32.0 Å². The van der Waals surface area contributed by atoms with Crippen LogP contribution >= 0.6 is 0 Å². The average molecular weight is 358 g/mol. The third-order valence-electron chi connectivity index (χ3n) is 4.34. The van der Waals surface area contributed by atoms with Gasteiger partial charge in [0.1, 0.15) is 5.82 Å². The van der Waals surface area contributed by atoms with Crippen LogP contribution in [0, 0.1) is 12.3 Å². The minimum Gasteiger partial charge on any atom is -0.369 e. The minimum atomic E-state index is -0.658. The van der Waals surface area contributed by atoms with Crippen molar-refractivity contribution in [3.8, 4) is 0 Å². The lowest BCUT2D eigenvalue weighted by atomic mass is 9.93. The van der Waals surface area contributed by atoms with Gasteiger partial charge in [-0.1, -0.05) is 12.1 Å². The number of carbonyl (C=O) groups excluding carboxylic acids is 1. The number of guanidine groups is 1. The Hall–Kier alpha value is -2.57. The highest BCUT2D eigenvalue weighted by molar-refractivity contribution is 5.82. The third kappa shape index (κ3) is 4.97.